The maximum atomic E-state index is 11.4. The van der Waals surface area contributed by atoms with Crippen LogP contribution in [0.25, 0.3) is 11.5 Å². The normalized spacial score (nSPS) is 10.5. The number of ether oxygens (including phenoxy) is 3. The lowest BCUT2D eigenvalue weighted by Crippen LogP contribution is -2.09. The van der Waals surface area contributed by atoms with Crippen molar-refractivity contribution in [2.45, 2.75) is 13.6 Å². The first-order valence-corrected chi connectivity index (χ1v) is 9.10. The number of methoxy groups -OCH3 is 3. The lowest BCUT2D eigenvalue weighted by Gasteiger charge is -2.12. The first kappa shape index (κ1) is 20.4. The van der Waals surface area contributed by atoms with E-state index in [1.165, 1.54) is 32.9 Å². The fraction of sp³-hybridized carbons (Fsp3) is 0.250. The van der Waals surface area contributed by atoms with E-state index < -0.39 is 0 Å². The molecule has 0 amide bonds. The topological polar surface area (TPSA) is 87.8 Å². The number of anilines is 1. The molecule has 3 aromatic rings. The Balaban J connectivity index is 1.83. The second-order valence-electron chi connectivity index (χ2n) is 6.06. The van der Waals surface area contributed by atoms with E-state index in [1.54, 1.807) is 24.3 Å². The number of benzene rings is 2. The maximum absolute atomic E-state index is 11.4. The van der Waals surface area contributed by atoms with Crippen LogP contribution in [-0.4, -0.2) is 36.9 Å². The van der Waals surface area contributed by atoms with E-state index in [0.717, 1.165) is 5.69 Å². The third-order valence-electron chi connectivity index (χ3n) is 4.24. The van der Waals surface area contributed by atoms with E-state index in [2.05, 4.69) is 10.4 Å². The summed E-state index contributed by atoms with van der Waals surface area (Å²) in [5, 5.41) is 7.61. The van der Waals surface area contributed by atoms with Crippen LogP contribution in [0.2, 0.25) is 0 Å². The summed E-state index contributed by atoms with van der Waals surface area (Å²) in [6.07, 6.45) is 0. The Morgan fingerprint density at radius 3 is 2.24 bits per heavy atom. The SMILES string of the molecule is COc1cc(-c2nn(CNc3ccc(C(C)=O)cc3)c(=S)o2)cc(OC)c1OC. The number of rotatable bonds is 8. The van der Waals surface area contributed by atoms with Gasteiger partial charge in [-0.15, -0.1) is 5.10 Å². The maximum Gasteiger partial charge on any atom is 0.289 e. The molecule has 0 unspecified atom stereocenters. The van der Waals surface area contributed by atoms with Crippen molar-refractivity contribution in [3.63, 3.8) is 0 Å². The van der Waals surface area contributed by atoms with Gasteiger partial charge >= 0.3 is 0 Å². The molecule has 3 rings (SSSR count). The second-order valence-corrected chi connectivity index (χ2v) is 6.40. The molecule has 1 heterocycles. The highest BCUT2D eigenvalue weighted by atomic mass is 32.1. The van der Waals surface area contributed by atoms with E-state index in [-0.39, 0.29) is 10.6 Å². The molecule has 152 valence electrons. The van der Waals surface area contributed by atoms with Gasteiger partial charge in [-0.2, -0.15) is 0 Å². The highest BCUT2D eigenvalue weighted by Gasteiger charge is 2.17. The summed E-state index contributed by atoms with van der Waals surface area (Å²) < 4.78 is 23.2. The van der Waals surface area contributed by atoms with Crippen molar-refractivity contribution in [1.29, 1.82) is 0 Å². The molecule has 0 radical (unpaired) electrons. The van der Waals surface area contributed by atoms with Crippen LogP contribution >= 0.6 is 12.2 Å². The van der Waals surface area contributed by atoms with Crippen molar-refractivity contribution in [3.8, 4) is 28.7 Å². The van der Waals surface area contributed by atoms with Crippen molar-refractivity contribution in [3.05, 3.63) is 46.8 Å². The van der Waals surface area contributed by atoms with Gasteiger partial charge in [-0.05, 0) is 55.5 Å². The van der Waals surface area contributed by atoms with Gasteiger partial charge in [0, 0.05) is 16.8 Å². The molecule has 8 nitrogen and oxygen atoms in total. The standard InChI is InChI=1S/C20H21N3O5S/c1-12(24)13-5-7-15(8-6-13)21-11-23-20(29)28-19(22-23)14-9-16(25-2)18(27-4)17(10-14)26-3/h5-10,21H,11H2,1-4H3. The van der Waals surface area contributed by atoms with Crippen molar-refractivity contribution in [2.75, 3.05) is 26.6 Å². The zero-order valence-corrected chi connectivity index (χ0v) is 17.3. The predicted octanol–water partition coefficient (Wildman–Crippen LogP) is 4.17. The Hall–Kier alpha value is -3.33. The van der Waals surface area contributed by atoms with Gasteiger partial charge in [0.05, 0.1) is 21.3 Å². The smallest absolute Gasteiger partial charge is 0.289 e. The summed E-state index contributed by atoms with van der Waals surface area (Å²) in [4.78, 5) is 11.6. The highest BCUT2D eigenvalue weighted by Crippen LogP contribution is 2.40. The minimum atomic E-state index is 0.0188. The number of carbonyl (C=O) groups excluding carboxylic acids is 1. The molecule has 0 spiro atoms. The van der Waals surface area contributed by atoms with Crippen LogP contribution in [0.4, 0.5) is 5.69 Å². The number of aromatic nitrogens is 2. The molecule has 0 fully saturated rings. The fourth-order valence-corrected chi connectivity index (χ4v) is 2.90. The van der Waals surface area contributed by atoms with Crippen LogP contribution in [0.15, 0.2) is 40.8 Å². The van der Waals surface area contributed by atoms with E-state index in [9.17, 15) is 4.79 Å². The molecule has 0 bridgehead atoms. The van der Waals surface area contributed by atoms with Gasteiger partial charge in [-0.1, -0.05) is 0 Å². The number of Topliss-reactive ketones (excluding diaryl/α,β-unsaturated/α-hetero) is 1. The number of carbonyl (C=O) groups is 1. The summed E-state index contributed by atoms with van der Waals surface area (Å²) in [6.45, 7) is 1.83. The number of nitrogens with one attached hydrogen (secondary N) is 1. The van der Waals surface area contributed by atoms with Gasteiger partial charge in [-0.3, -0.25) is 4.79 Å². The lowest BCUT2D eigenvalue weighted by atomic mass is 10.1. The molecular weight excluding hydrogens is 394 g/mol. The van der Waals surface area contributed by atoms with Crippen LogP contribution in [0.1, 0.15) is 17.3 Å². The Bertz CT molecular complexity index is 1050. The summed E-state index contributed by atoms with van der Waals surface area (Å²) in [5.74, 6) is 1.79. The third-order valence-corrected chi connectivity index (χ3v) is 4.54. The zero-order chi connectivity index (χ0) is 21.0. The Kier molecular flexibility index (Phi) is 6.18. The van der Waals surface area contributed by atoms with Crippen molar-refractivity contribution < 1.29 is 23.4 Å². The van der Waals surface area contributed by atoms with E-state index in [4.69, 9.17) is 30.8 Å². The third kappa shape index (κ3) is 4.40. The van der Waals surface area contributed by atoms with Crippen LogP contribution in [0.3, 0.4) is 0 Å². The predicted molar refractivity (Wildman–Crippen MR) is 110 cm³/mol. The molecule has 9 heteroatoms. The quantitative estimate of drug-likeness (QED) is 0.433. The molecule has 0 atom stereocenters. The zero-order valence-electron chi connectivity index (χ0n) is 16.5. The monoisotopic (exact) mass is 415 g/mol. The summed E-state index contributed by atoms with van der Waals surface area (Å²) in [6, 6.07) is 10.6. The summed E-state index contributed by atoms with van der Waals surface area (Å²) in [7, 11) is 4.61. The molecule has 1 aromatic heterocycles. The van der Waals surface area contributed by atoms with Crippen molar-refractivity contribution in [1.82, 2.24) is 9.78 Å². The molecule has 0 aliphatic carbocycles. The van der Waals surface area contributed by atoms with Gasteiger partial charge in [0.15, 0.2) is 17.3 Å². The van der Waals surface area contributed by atoms with E-state index in [1.807, 2.05) is 12.1 Å². The summed E-state index contributed by atoms with van der Waals surface area (Å²) in [5.41, 5.74) is 2.11. The Morgan fingerprint density at radius 1 is 1.10 bits per heavy atom. The largest absolute Gasteiger partial charge is 0.493 e. The fourth-order valence-electron chi connectivity index (χ4n) is 2.72. The highest BCUT2D eigenvalue weighted by molar-refractivity contribution is 7.71. The molecule has 0 aliphatic rings. The lowest BCUT2D eigenvalue weighted by molar-refractivity contribution is 0.101. The molecule has 1 N–H and O–H groups in total. The van der Waals surface area contributed by atoms with Crippen LogP contribution in [-0.2, 0) is 6.67 Å². The summed E-state index contributed by atoms with van der Waals surface area (Å²) >= 11 is 5.28. The average Bonchev–Trinajstić information content (AvgIpc) is 3.11. The Morgan fingerprint density at radius 2 is 1.72 bits per heavy atom. The van der Waals surface area contributed by atoms with Crippen LogP contribution in [0, 0.1) is 4.84 Å². The number of ketones is 1. The van der Waals surface area contributed by atoms with Gasteiger partial charge in [-0.25, -0.2) is 4.68 Å². The Labute approximate surface area is 173 Å². The molecule has 0 aliphatic heterocycles. The number of hydrogen-bond acceptors (Lipinski definition) is 8. The minimum absolute atomic E-state index is 0.0188. The van der Waals surface area contributed by atoms with E-state index in [0.29, 0.717) is 40.9 Å². The van der Waals surface area contributed by atoms with Crippen molar-refractivity contribution >= 4 is 23.7 Å². The molecule has 2 aromatic carbocycles. The van der Waals surface area contributed by atoms with Gasteiger partial charge in [0.25, 0.3) is 4.84 Å². The first-order chi connectivity index (χ1) is 14.0. The van der Waals surface area contributed by atoms with Crippen LogP contribution < -0.4 is 19.5 Å². The van der Waals surface area contributed by atoms with Gasteiger partial charge in [0.2, 0.25) is 11.6 Å². The van der Waals surface area contributed by atoms with Crippen molar-refractivity contribution in [2.24, 2.45) is 0 Å². The average molecular weight is 415 g/mol. The number of nitrogens with zero attached hydrogens (tertiary/aromatic N) is 2. The molecule has 0 saturated carbocycles. The minimum Gasteiger partial charge on any atom is -0.493 e. The molecule has 0 saturated heterocycles. The number of hydrogen-bond donors (Lipinski definition) is 1. The molecular formula is C20H21N3O5S. The van der Waals surface area contributed by atoms with Gasteiger partial charge in [0.1, 0.15) is 6.67 Å². The first-order valence-electron chi connectivity index (χ1n) is 8.70. The second kappa shape index (κ2) is 8.78. The van der Waals surface area contributed by atoms with E-state index >= 15 is 0 Å². The van der Waals surface area contributed by atoms with Gasteiger partial charge < -0.3 is 23.9 Å². The molecule has 29 heavy (non-hydrogen) atoms. The van der Waals surface area contributed by atoms with Crippen LogP contribution in [0.5, 0.6) is 17.2 Å².